The summed E-state index contributed by atoms with van der Waals surface area (Å²) in [5.74, 6) is 0. The Morgan fingerprint density at radius 3 is 3.18 bits per heavy atom. The van der Waals surface area contributed by atoms with Crippen LogP contribution in [0, 0.1) is 0 Å². The van der Waals surface area contributed by atoms with Crippen molar-refractivity contribution in [2.75, 3.05) is 5.43 Å². The maximum atomic E-state index is 5.89. The molecular weight excluding hydrogens is 187 g/mol. The van der Waals surface area contributed by atoms with Gasteiger partial charge >= 0.3 is 0 Å². The lowest BCUT2D eigenvalue weighted by atomic mass is 10.4. The number of halogens is 2. The van der Waals surface area contributed by atoms with Crippen LogP contribution in [-0.4, -0.2) is 15.5 Å². The lowest BCUT2D eigenvalue weighted by Gasteiger charge is -2.25. The summed E-state index contributed by atoms with van der Waals surface area (Å²) in [6.07, 6.45) is 1.66. The molecule has 2 unspecified atom stereocenters. The molecule has 0 aliphatic carbocycles. The Morgan fingerprint density at radius 2 is 2.36 bits per heavy atom. The molecule has 0 aromatic carbocycles. The van der Waals surface area contributed by atoms with E-state index >= 15 is 0 Å². The highest BCUT2D eigenvalue weighted by Crippen LogP contribution is 2.20. The van der Waals surface area contributed by atoms with E-state index < -0.39 is 0 Å². The molecule has 0 fully saturated rings. The lowest BCUT2D eigenvalue weighted by molar-refractivity contribution is 0.507. The summed E-state index contributed by atoms with van der Waals surface area (Å²) in [5.41, 5.74) is 3.06. The largest absolute Gasteiger partial charge is 0.278 e. The maximum absolute atomic E-state index is 5.89. The van der Waals surface area contributed by atoms with Crippen molar-refractivity contribution in [3.63, 3.8) is 0 Å². The Hall–Kier alpha value is -0.450. The average Bonchev–Trinajstić information content (AvgIpc) is 2.34. The molecule has 1 aromatic heterocycles. The fourth-order valence-electron chi connectivity index (χ4n) is 0.972. The van der Waals surface area contributed by atoms with Gasteiger partial charge in [-0.25, -0.2) is 0 Å². The molecule has 2 rings (SSSR count). The molecular formula is C5H6Cl2N4. The van der Waals surface area contributed by atoms with Crippen LogP contribution in [-0.2, 0) is 0 Å². The van der Waals surface area contributed by atoms with Crippen LogP contribution in [0.5, 0.6) is 0 Å². The number of aromatic nitrogens is 2. The topological polar surface area (TPSA) is 41.9 Å². The molecule has 2 N–H and O–H groups in total. The first kappa shape index (κ1) is 7.21. The van der Waals surface area contributed by atoms with E-state index in [1.165, 1.54) is 0 Å². The number of nitrogens with zero attached hydrogens (tertiary/aromatic N) is 2. The van der Waals surface area contributed by atoms with E-state index in [-0.39, 0.29) is 11.1 Å². The van der Waals surface area contributed by atoms with Crippen LogP contribution in [0.15, 0.2) is 12.3 Å². The van der Waals surface area contributed by atoms with Crippen molar-refractivity contribution < 1.29 is 0 Å². The monoisotopic (exact) mass is 192 g/mol. The van der Waals surface area contributed by atoms with Gasteiger partial charge in [0.1, 0.15) is 5.50 Å². The second kappa shape index (κ2) is 2.55. The normalized spacial score (nSPS) is 29.3. The molecule has 1 aliphatic rings. The molecule has 0 saturated carbocycles. The zero-order chi connectivity index (χ0) is 7.84. The minimum atomic E-state index is -0.370. The van der Waals surface area contributed by atoms with Crippen LogP contribution in [0.25, 0.3) is 0 Å². The molecule has 0 bridgehead atoms. The summed E-state index contributed by atoms with van der Waals surface area (Å²) in [6, 6.07) is 1.82. The highest BCUT2D eigenvalue weighted by Gasteiger charge is 2.22. The zero-order valence-electron chi connectivity index (χ0n) is 5.46. The van der Waals surface area contributed by atoms with Crippen LogP contribution in [0.2, 0.25) is 0 Å². The third-order valence-electron chi connectivity index (χ3n) is 1.46. The number of rotatable bonds is 0. The van der Waals surface area contributed by atoms with Crippen LogP contribution < -0.4 is 10.7 Å². The third kappa shape index (κ3) is 1.17. The number of hydrogen-bond acceptors (Lipinski definition) is 3. The highest BCUT2D eigenvalue weighted by molar-refractivity contribution is 6.23. The van der Waals surface area contributed by atoms with Crippen molar-refractivity contribution in [3.05, 3.63) is 18.0 Å². The van der Waals surface area contributed by atoms with E-state index in [2.05, 4.69) is 15.8 Å². The van der Waals surface area contributed by atoms with Gasteiger partial charge in [0.25, 0.3) is 0 Å². The summed E-state index contributed by atoms with van der Waals surface area (Å²) < 4.78 is 0. The molecule has 4 nitrogen and oxygen atoms in total. The van der Waals surface area contributed by atoms with Gasteiger partial charge in [-0.1, -0.05) is 23.2 Å². The van der Waals surface area contributed by atoms with Crippen molar-refractivity contribution in [1.29, 1.82) is 0 Å². The second-order valence-corrected chi connectivity index (χ2v) is 3.06. The van der Waals surface area contributed by atoms with E-state index in [1.54, 1.807) is 11.0 Å². The number of alkyl halides is 2. The Bertz CT molecular complexity index is 261. The molecule has 1 aliphatic heterocycles. The minimum absolute atomic E-state index is 0.277. The molecule has 11 heavy (non-hydrogen) atoms. The van der Waals surface area contributed by atoms with Gasteiger partial charge in [0, 0.05) is 0 Å². The molecule has 2 atom stereocenters. The SMILES string of the molecule is ClC1NC(Cl)c2ccnn2N1. The van der Waals surface area contributed by atoms with E-state index in [1.807, 2.05) is 6.07 Å². The molecule has 60 valence electrons. The standard InChI is InChI=1S/C5H6Cl2N4/c6-4-3-1-2-8-11(3)10-5(7)9-4/h1-2,4-5,9-10H. The smallest absolute Gasteiger partial charge is 0.171 e. The van der Waals surface area contributed by atoms with Crippen molar-refractivity contribution in [3.8, 4) is 0 Å². The second-order valence-electron chi connectivity index (χ2n) is 2.19. The minimum Gasteiger partial charge on any atom is -0.278 e. The zero-order valence-corrected chi connectivity index (χ0v) is 6.97. The van der Waals surface area contributed by atoms with Gasteiger partial charge in [0.2, 0.25) is 0 Å². The fraction of sp³-hybridized carbons (Fsp3) is 0.400. The first-order valence-electron chi connectivity index (χ1n) is 3.12. The van der Waals surface area contributed by atoms with E-state index in [9.17, 15) is 0 Å². The Kier molecular flexibility index (Phi) is 1.67. The number of hydrogen-bond donors (Lipinski definition) is 2. The van der Waals surface area contributed by atoms with Gasteiger partial charge in [0.15, 0.2) is 5.62 Å². The van der Waals surface area contributed by atoms with Crippen molar-refractivity contribution in [2.45, 2.75) is 11.1 Å². The summed E-state index contributed by atoms with van der Waals surface area (Å²) in [6.45, 7) is 0. The van der Waals surface area contributed by atoms with Gasteiger partial charge in [0.05, 0.1) is 11.9 Å². The fourth-order valence-corrected chi connectivity index (χ4v) is 1.55. The summed E-state index contributed by atoms with van der Waals surface area (Å²) in [7, 11) is 0. The predicted octanol–water partition coefficient (Wildman–Crippen LogP) is 0.790. The average molecular weight is 193 g/mol. The summed E-state index contributed by atoms with van der Waals surface area (Å²) in [4.78, 5) is 1.56. The van der Waals surface area contributed by atoms with E-state index in [0.29, 0.717) is 0 Å². The van der Waals surface area contributed by atoms with Gasteiger partial charge in [-0.2, -0.15) is 9.89 Å². The van der Waals surface area contributed by atoms with Crippen LogP contribution in [0.4, 0.5) is 0 Å². The van der Waals surface area contributed by atoms with Gasteiger partial charge in [-0.15, -0.1) is 0 Å². The Balaban J connectivity index is 2.36. The van der Waals surface area contributed by atoms with Crippen LogP contribution in [0.1, 0.15) is 11.2 Å². The Labute approximate surface area is 73.4 Å². The molecule has 0 radical (unpaired) electrons. The molecule has 0 saturated heterocycles. The molecule has 0 amide bonds. The predicted molar refractivity (Wildman–Crippen MR) is 43.0 cm³/mol. The quantitative estimate of drug-likeness (QED) is 0.472. The van der Waals surface area contributed by atoms with Crippen molar-refractivity contribution in [2.24, 2.45) is 0 Å². The first-order chi connectivity index (χ1) is 5.27. The lowest BCUT2D eigenvalue weighted by Crippen LogP contribution is -2.44. The highest BCUT2D eigenvalue weighted by atomic mass is 35.5. The first-order valence-corrected chi connectivity index (χ1v) is 3.99. The van der Waals surface area contributed by atoms with E-state index in [4.69, 9.17) is 23.2 Å². The molecule has 1 aromatic rings. The summed E-state index contributed by atoms with van der Waals surface area (Å²) >= 11 is 11.6. The maximum Gasteiger partial charge on any atom is 0.171 e. The number of fused-ring (bicyclic) bond motifs is 1. The number of nitrogens with one attached hydrogen (secondary N) is 2. The van der Waals surface area contributed by atoms with E-state index in [0.717, 1.165) is 5.69 Å². The van der Waals surface area contributed by atoms with Gasteiger partial charge in [-0.3, -0.25) is 10.7 Å². The Morgan fingerprint density at radius 1 is 1.55 bits per heavy atom. The molecule has 0 spiro atoms. The van der Waals surface area contributed by atoms with Gasteiger partial charge < -0.3 is 0 Å². The van der Waals surface area contributed by atoms with Crippen molar-refractivity contribution >= 4 is 23.2 Å². The van der Waals surface area contributed by atoms with Crippen LogP contribution in [0.3, 0.4) is 0 Å². The van der Waals surface area contributed by atoms with Gasteiger partial charge in [-0.05, 0) is 6.07 Å². The van der Waals surface area contributed by atoms with Crippen LogP contribution >= 0.6 is 23.2 Å². The third-order valence-corrected chi connectivity index (χ3v) is 2.03. The van der Waals surface area contributed by atoms with Crippen molar-refractivity contribution in [1.82, 2.24) is 15.2 Å². The molecule has 6 heteroatoms. The molecule has 2 heterocycles. The summed E-state index contributed by atoms with van der Waals surface area (Å²) in [5, 5.41) is 6.83.